The second-order valence-electron chi connectivity index (χ2n) is 7.33. The number of ether oxygens (including phenoxy) is 1. The maximum absolute atomic E-state index is 12.8. The maximum Gasteiger partial charge on any atom is 0.141 e. The zero-order valence-electron chi connectivity index (χ0n) is 15.7. The minimum absolute atomic E-state index is 0.147. The molecule has 0 atom stereocenters. The summed E-state index contributed by atoms with van der Waals surface area (Å²) in [6.07, 6.45) is 1.37. The Hall–Kier alpha value is -2.94. The SMILES string of the molecule is COc1c2cc(C)cc1CC(=O)Cc1ccc(c3ccccc13)CC(=O)C2. The molecular formula is C24H22O3. The average Bonchev–Trinajstić information content (AvgIpc) is 2.63. The molecule has 0 heterocycles. The third-order valence-electron chi connectivity index (χ3n) is 5.25. The molecule has 3 nitrogen and oxygen atoms in total. The number of ketones is 2. The molecule has 0 N–H and O–H groups in total. The number of fused-ring (bicyclic) bond motifs is 5. The topological polar surface area (TPSA) is 43.4 Å². The highest BCUT2D eigenvalue weighted by molar-refractivity contribution is 5.96. The Labute approximate surface area is 159 Å². The van der Waals surface area contributed by atoms with Crippen molar-refractivity contribution < 1.29 is 14.3 Å². The summed E-state index contributed by atoms with van der Waals surface area (Å²) >= 11 is 0. The lowest BCUT2D eigenvalue weighted by molar-refractivity contribution is -0.118. The number of carbonyl (C=O) groups is 2. The molecule has 2 aliphatic rings. The molecule has 3 aromatic rings. The van der Waals surface area contributed by atoms with Gasteiger partial charge in [0.1, 0.15) is 17.3 Å². The zero-order chi connectivity index (χ0) is 19.0. The van der Waals surface area contributed by atoms with Gasteiger partial charge in [0.05, 0.1) is 7.11 Å². The monoisotopic (exact) mass is 358 g/mol. The van der Waals surface area contributed by atoms with Gasteiger partial charge in [-0.3, -0.25) is 9.59 Å². The van der Waals surface area contributed by atoms with Crippen LogP contribution in [-0.4, -0.2) is 18.7 Å². The van der Waals surface area contributed by atoms with E-state index in [1.54, 1.807) is 7.11 Å². The summed E-state index contributed by atoms with van der Waals surface area (Å²) < 4.78 is 5.60. The third-order valence-corrected chi connectivity index (χ3v) is 5.25. The second-order valence-corrected chi connectivity index (χ2v) is 7.33. The molecule has 5 rings (SSSR count). The fourth-order valence-corrected chi connectivity index (χ4v) is 4.16. The van der Waals surface area contributed by atoms with Crippen molar-refractivity contribution in [2.75, 3.05) is 7.11 Å². The fourth-order valence-electron chi connectivity index (χ4n) is 4.16. The van der Waals surface area contributed by atoms with Crippen LogP contribution in [0.1, 0.15) is 27.8 Å². The predicted molar refractivity (Wildman–Crippen MR) is 107 cm³/mol. The van der Waals surface area contributed by atoms with Crippen molar-refractivity contribution in [1.82, 2.24) is 0 Å². The minimum atomic E-state index is 0.147. The van der Waals surface area contributed by atoms with E-state index in [1.165, 1.54) is 0 Å². The molecule has 0 fully saturated rings. The number of carbonyl (C=O) groups excluding carboxylic acids is 2. The Balaban J connectivity index is 1.89. The van der Waals surface area contributed by atoms with Gasteiger partial charge in [0.2, 0.25) is 0 Å². The normalized spacial score (nSPS) is 14.6. The molecule has 0 radical (unpaired) electrons. The number of rotatable bonds is 1. The lowest BCUT2D eigenvalue weighted by atomic mass is 9.93. The molecule has 3 aromatic carbocycles. The molecule has 0 spiro atoms. The van der Waals surface area contributed by atoms with E-state index in [9.17, 15) is 9.59 Å². The standard InChI is InChI=1S/C24H22O3/c1-15-9-18-13-20(25)11-16-7-8-17(23-6-4-3-5-22(16)23)12-21(26)14-19(10-15)24(18)27-2/h3-10H,11-14H2,1-2H3. The molecule has 0 unspecified atom stereocenters. The van der Waals surface area contributed by atoms with Gasteiger partial charge in [-0.15, -0.1) is 0 Å². The van der Waals surface area contributed by atoms with E-state index in [1.807, 2.05) is 55.5 Å². The molecule has 136 valence electrons. The van der Waals surface area contributed by atoms with Gasteiger partial charge in [-0.05, 0) is 28.8 Å². The van der Waals surface area contributed by atoms with Crippen molar-refractivity contribution in [3.05, 3.63) is 76.3 Å². The number of Topliss-reactive ketones (excluding diaryl/α,β-unsaturated/α-hetero) is 2. The first-order valence-corrected chi connectivity index (χ1v) is 9.24. The van der Waals surface area contributed by atoms with Crippen LogP contribution in [0.4, 0.5) is 0 Å². The van der Waals surface area contributed by atoms with Crippen LogP contribution in [0.3, 0.4) is 0 Å². The molecule has 3 heteroatoms. The zero-order valence-corrected chi connectivity index (χ0v) is 15.7. The Morgan fingerprint density at radius 1 is 0.704 bits per heavy atom. The van der Waals surface area contributed by atoms with Gasteiger partial charge in [-0.25, -0.2) is 0 Å². The van der Waals surface area contributed by atoms with E-state index in [2.05, 4.69) is 0 Å². The predicted octanol–water partition coefficient (Wildman–Crippen LogP) is 4.18. The number of methoxy groups -OCH3 is 1. The fraction of sp³-hybridized carbons (Fsp3) is 0.250. The van der Waals surface area contributed by atoms with Crippen LogP contribution in [0.25, 0.3) is 10.8 Å². The molecule has 0 saturated carbocycles. The molecule has 0 amide bonds. The Bertz CT molecular complexity index is 983. The van der Waals surface area contributed by atoms with Crippen LogP contribution < -0.4 is 4.74 Å². The van der Waals surface area contributed by atoms with Crippen LogP contribution in [0.2, 0.25) is 0 Å². The van der Waals surface area contributed by atoms with Gasteiger partial charge in [-0.1, -0.05) is 54.1 Å². The molecule has 4 bridgehead atoms. The molecule has 2 aliphatic carbocycles. The first-order valence-electron chi connectivity index (χ1n) is 9.24. The summed E-state index contributed by atoms with van der Waals surface area (Å²) in [7, 11) is 1.61. The van der Waals surface area contributed by atoms with E-state index in [0.717, 1.165) is 38.6 Å². The molecule has 0 aromatic heterocycles. The average molecular weight is 358 g/mol. The van der Waals surface area contributed by atoms with Crippen LogP contribution >= 0.6 is 0 Å². The minimum Gasteiger partial charge on any atom is -0.496 e. The Morgan fingerprint density at radius 2 is 1.15 bits per heavy atom. The highest BCUT2D eigenvalue weighted by Gasteiger charge is 2.19. The molecular weight excluding hydrogens is 336 g/mol. The summed E-state index contributed by atoms with van der Waals surface area (Å²) in [6, 6.07) is 16.0. The summed E-state index contributed by atoms with van der Waals surface area (Å²) in [5, 5.41) is 2.12. The molecule has 0 saturated heterocycles. The van der Waals surface area contributed by atoms with Gasteiger partial charge in [0.15, 0.2) is 0 Å². The third kappa shape index (κ3) is 3.37. The van der Waals surface area contributed by atoms with Gasteiger partial charge in [-0.2, -0.15) is 0 Å². The van der Waals surface area contributed by atoms with Crippen LogP contribution in [0, 0.1) is 6.92 Å². The quantitative estimate of drug-likeness (QED) is 0.655. The van der Waals surface area contributed by atoms with Gasteiger partial charge < -0.3 is 4.74 Å². The van der Waals surface area contributed by atoms with Crippen LogP contribution in [0.5, 0.6) is 5.75 Å². The van der Waals surface area contributed by atoms with Crippen molar-refractivity contribution in [3.63, 3.8) is 0 Å². The van der Waals surface area contributed by atoms with Gasteiger partial charge in [0.25, 0.3) is 0 Å². The van der Waals surface area contributed by atoms with E-state index < -0.39 is 0 Å². The van der Waals surface area contributed by atoms with E-state index in [-0.39, 0.29) is 11.6 Å². The number of aryl methyl sites for hydroxylation is 1. The first kappa shape index (κ1) is 17.5. The van der Waals surface area contributed by atoms with Crippen molar-refractivity contribution in [3.8, 4) is 5.75 Å². The smallest absolute Gasteiger partial charge is 0.141 e. The first-order chi connectivity index (χ1) is 13.0. The highest BCUT2D eigenvalue weighted by atomic mass is 16.5. The van der Waals surface area contributed by atoms with Crippen molar-refractivity contribution >= 4 is 22.3 Å². The number of hydrogen-bond acceptors (Lipinski definition) is 3. The lowest BCUT2D eigenvalue weighted by Gasteiger charge is -2.14. The van der Waals surface area contributed by atoms with Crippen LogP contribution in [0.15, 0.2) is 48.5 Å². The summed E-state index contributed by atoms with van der Waals surface area (Å²) in [6.45, 7) is 1.99. The van der Waals surface area contributed by atoms with Crippen LogP contribution in [-0.2, 0) is 35.3 Å². The van der Waals surface area contributed by atoms with Gasteiger partial charge in [0, 0.05) is 36.8 Å². The molecule has 27 heavy (non-hydrogen) atoms. The lowest BCUT2D eigenvalue weighted by Crippen LogP contribution is -2.10. The van der Waals surface area contributed by atoms with Crippen molar-refractivity contribution in [1.29, 1.82) is 0 Å². The van der Waals surface area contributed by atoms with Crippen molar-refractivity contribution in [2.45, 2.75) is 32.6 Å². The molecule has 0 aliphatic heterocycles. The number of benzene rings is 3. The van der Waals surface area contributed by atoms with E-state index >= 15 is 0 Å². The summed E-state index contributed by atoms with van der Waals surface area (Å²) in [5.74, 6) is 0.969. The Morgan fingerprint density at radius 3 is 1.59 bits per heavy atom. The summed E-state index contributed by atoms with van der Waals surface area (Å²) in [4.78, 5) is 25.7. The second kappa shape index (κ2) is 6.99. The summed E-state index contributed by atoms with van der Waals surface area (Å²) in [5.41, 5.74) is 4.80. The Kier molecular flexibility index (Phi) is 4.53. The largest absolute Gasteiger partial charge is 0.496 e. The van der Waals surface area contributed by atoms with Crippen molar-refractivity contribution in [2.24, 2.45) is 0 Å². The van der Waals surface area contributed by atoms with E-state index in [4.69, 9.17) is 4.74 Å². The highest BCUT2D eigenvalue weighted by Crippen LogP contribution is 2.30. The van der Waals surface area contributed by atoms with Gasteiger partial charge >= 0.3 is 0 Å². The maximum atomic E-state index is 12.8. The number of hydrogen-bond donors (Lipinski definition) is 0. The van der Waals surface area contributed by atoms with E-state index in [0.29, 0.717) is 31.4 Å².